The molecule has 2 atom stereocenters. The third-order valence-corrected chi connectivity index (χ3v) is 3.46. The Morgan fingerprint density at radius 2 is 2.12 bits per heavy atom. The van der Waals surface area contributed by atoms with Crippen molar-refractivity contribution < 1.29 is 4.42 Å². The Bertz CT molecular complexity index is 344. The van der Waals surface area contributed by atoms with Crippen LogP contribution < -0.4 is 11.1 Å². The predicted octanol–water partition coefficient (Wildman–Crippen LogP) is 1.13. The van der Waals surface area contributed by atoms with Crippen LogP contribution in [0, 0.1) is 12.8 Å². The van der Waals surface area contributed by atoms with Gasteiger partial charge >= 0.3 is 0 Å². The molecule has 1 aromatic rings. The average molecular weight is 237 g/mol. The summed E-state index contributed by atoms with van der Waals surface area (Å²) in [7, 11) is 0. The number of furan rings is 1. The summed E-state index contributed by atoms with van der Waals surface area (Å²) in [6.45, 7) is 9.61. The quantitative estimate of drug-likeness (QED) is 0.824. The number of rotatable bonds is 4. The van der Waals surface area contributed by atoms with Gasteiger partial charge in [0.25, 0.3) is 0 Å². The first-order chi connectivity index (χ1) is 8.16. The molecule has 1 aliphatic heterocycles. The van der Waals surface area contributed by atoms with Gasteiger partial charge in [0.1, 0.15) is 11.5 Å². The number of nitrogens with zero attached hydrogens (tertiary/aromatic N) is 1. The lowest BCUT2D eigenvalue weighted by Gasteiger charge is -2.31. The lowest BCUT2D eigenvalue weighted by molar-refractivity contribution is 0.193. The zero-order valence-electron chi connectivity index (χ0n) is 10.8. The molecule has 0 amide bonds. The highest BCUT2D eigenvalue weighted by molar-refractivity contribution is 5.10. The van der Waals surface area contributed by atoms with Gasteiger partial charge in [0.05, 0.1) is 6.04 Å². The maximum absolute atomic E-state index is 6.23. The number of aryl methyl sites for hydroxylation is 1. The van der Waals surface area contributed by atoms with Crippen LogP contribution in [0.2, 0.25) is 0 Å². The minimum atomic E-state index is -0.00131. The Morgan fingerprint density at radius 1 is 1.41 bits per heavy atom. The van der Waals surface area contributed by atoms with E-state index in [2.05, 4.69) is 17.1 Å². The average Bonchev–Trinajstić information content (AvgIpc) is 2.76. The topological polar surface area (TPSA) is 54.4 Å². The first-order valence-electron chi connectivity index (χ1n) is 6.42. The van der Waals surface area contributed by atoms with E-state index in [9.17, 15) is 0 Å². The van der Waals surface area contributed by atoms with Crippen molar-refractivity contribution in [3.05, 3.63) is 23.7 Å². The number of nitrogens with two attached hydrogens (primary N) is 1. The van der Waals surface area contributed by atoms with Gasteiger partial charge in [0.2, 0.25) is 0 Å². The summed E-state index contributed by atoms with van der Waals surface area (Å²) in [5.41, 5.74) is 6.23. The summed E-state index contributed by atoms with van der Waals surface area (Å²) < 4.78 is 5.60. The summed E-state index contributed by atoms with van der Waals surface area (Å²) in [5, 5.41) is 3.36. The van der Waals surface area contributed by atoms with Gasteiger partial charge < -0.3 is 20.4 Å². The van der Waals surface area contributed by atoms with E-state index in [-0.39, 0.29) is 6.04 Å². The summed E-state index contributed by atoms with van der Waals surface area (Å²) in [6, 6.07) is 3.97. The second kappa shape index (κ2) is 5.67. The maximum Gasteiger partial charge on any atom is 0.121 e. The fourth-order valence-corrected chi connectivity index (χ4v) is 2.33. The molecule has 2 rings (SSSR count). The molecule has 96 valence electrons. The van der Waals surface area contributed by atoms with Gasteiger partial charge in [0.15, 0.2) is 0 Å². The van der Waals surface area contributed by atoms with E-state index in [0.29, 0.717) is 5.92 Å². The third-order valence-electron chi connectivity index (χ3n) is 3.46. The van der Waals surface area contributed by atoms with E-state index in [4.69, 9.17) is 10.2 Å². The second-order valence-corrected chi connectivity index (χ2v) is 5.00. The normalized spacial score (nSPS) is 21.4. The lowest BCUT2D eigenvalue weighted by atomic mass is 10.00. The molecule has 2 unspecified atom stereocenters. The smallest absolute Gasteiger partial charge is 0.121 e. The Morgan fingerprint density at radius 3 is 2.71 bits per heavy atom. The van der Waals surface area contributed by atoms with Crippen LogP contribution in [-0.2, 0) is 0 Å². The van der Waals surface area contributed by atoms with Gasteiger partial charge in [-0.15, -0.1) is 0 Å². The van der Waals surface area contributed by atoms with Crippen LogP contribution in [0.15, 0.2) is 16.5 Å². The number of nitrogens with one attached hydrogen (secondary N) is 1. The van der Waals surface area contributed by atoms with Gasteiger partial charge in [-0.3, -0.25) is 0 Å². The summed E-state index contributed by atoms with van der Waals surface area (Å²) >= 11 is 0. The molecule has 3 N–H and O–H groups in total. The van der Waals surface area contributed by atoms with Crippen molar-refractivity contribution in [3.8, 4) is 0 Å². The Kier molecular flexibility index (Phi) is 4.20. The van der Waals surface area contributed by atoms with Gasteiger partial charge in [-0.2, -0.15) is 0 Å². The van der Waals surface area contributed by atoms with E-state index < -0.39 is 0 Å². The lowest BCUT2D eigenvalue weighted by Crippen LogP contribution is -2.46. The summed E-state index contributed by atoms with van der Waals surface area (Å²) in [6.07, 6.45) is 0. The molecule has 17 heavy (non-hydrogen) atoms. The van der Waals surface area contributed by atoms with Gasteiger partial charge in [-0.1, -0.05) is 6.92 Å². The van der Waals surface area contributed by atoms with Gasteiger partial charge in [0, 0.05) is 32.7 Å². The maximum atomic E-state index is 6.23. The predicted molar refractivity (Wildman–Crippen MR) is 68.8 cm³/mol. The highest BCUT2D eigenvalue weighted by atomic mass is 16.3. The van der Waals surface area contributed by atoms with Crippen molar-refractivity contribution in [2.45, 2.75) is 19.9 Å². The number of hydrogen-bond donors (Lipinski definition) is 2. The van der Waals surface area contributed by atoms with Crippen molar-refractivity contribution in [1.29, 1.82) is 0 Å². The Labute approximate surface area is 103 Å². The fourth-order valence-electron chi connectivity index (χ4n) is 2.33. The Hall–Kier alpha value is -0.840. The number of piperazine rings is 1. The minimum Gasteiger partial charge on any atom is -0.465 e. The van der Waals surface area contributed by atoms with Crippen LogP contribution in [-0.4, -0.2) is 37.6 Å². The molecule has 0 saturated carbocycles. The summed E-state index contributed by atoms with van der Waals surface area (Å²) in [4.78, 5) is 2.47. The Balaban J connectivity index is 1.88. The molecule has 0 radical (unpaired) electrons. The van der Waals surface area contributed by atoms with E-state index >= 15 is 0 Å². The van der Waals surface area contributed by atoms with Crippen molar-refractivity contribution in [2.24, 2.45) is 11.7 Å². The largest absolute Gasteiger partial charge is 0.465 e. The van der Waals surface area contributed by atoms with E-state index in [0.717, 1.165) is 44.2 Å². The molecule has 0 aromatic carbocycles. The molecule has 4 heteroatoms. The van der Waals surface area contributed by atoms with Crippen molar-refractivity contribution >= 4 is 0 Å². The summed E-state index contributed by atoms with van der Waals surface area (Å²) in [5.74, 6) is 2.26. The standard InChI is InChI=1S/C13H23N3O/c1-10(9-16-7-5-15-6-8-16)13(14)12-4-3-11(2)17-12/h3-4,10,13,15H,5-9,14H2,1-2H3. The molecule has 0 bridgehead atoms. The molecule has 1 fully saturated rings. The molecular formula is C13H23N3O. The second-order valence-electron chi connectivity index (χ2n) is 5.00. The molecule has 0 aliphatic carbocycles. The number of hydrogen-bond acceptors (Lipinski definition) is 4. The first kappa shape index (κ1) is 12.6. The zero-order valence-corrected chi connectivity index (χ0v) is 10.8. The zero-order chi connectivity index (χ0) is 12.3. The van der Waals surface area contributed by atoms with E-state index in [1.54, 1.807) is 0 Å². The van der Waals surface area contributed by atoms with Crippen LogP contribution in [0.1, 0.15) is 24.5 Å². The first-order valence-corrected chi connectivity index (χ1v) is 6.42. The molecular weight excluding hydrogens is 214 g/mol. The van der Waals surface area contributed by atoms with E-state index in [1.165, 1.54) is 0 Å². The minimum absolute atomic E-state index is 0.00131. The molecule has 1 saturated heterocycles. The van der Waals surface area contributed by atoms with E-state index in [1.807, 2.05) is 19.1 Å². The van der Waals surface area contributed by atoms with Gasteiger partial charge in [-0.05, 0) is 25.0 Å². The van der Waals surface area contributed by atoms with Crippen LogP contribution in [0.5, 0.6) is 0 Å². The van der Waals surface area contributed by atoms with Gasteiger partial charge in [-0.25, -0.2) is 0 Å². The molecule has 4 nitrogen and oxygen atoms in total. The van der Waals surface area contributed by atoms with Crippen molar-refractivity contribution in [2.75, 3.05) is 32.7 Å². The van der Waals surface area contributed by atoms with Crippen molar-refractivity contribution in [1.82, 2.24) is 10.2 Å². The molecule has 1 aliphatic rings. The van der Waals surface area contributed by atoms with Crippen LogP contribution >= 0.6 is 0 Å². The molecule has 0 spiro atoms. The molecule has 1 aromatic heterocycles. The fraction of sp³-hybridized carbons (Fsp3) is 0.692. The van der Waals surface area contributed by atoms with Crippen molar-refractivity contribution in [3.63, 3.8) is 0 Å². The highest BCUT2D eigenvalue weighted by Gasteiger charge is 2.21. The van der Waals surface area contributed by atoms with Crippen LogP contribution in [0.25, 0.3) is 0 Å². The van der Waals surface area contributed by atoms with Crippen LogP contribution in [0.3, 0.4) is 0 Å². The van der Waals surface area contributed by atoms with Crippen LogP contribution in [0.4, 0.5) is 0 Å². The third kappa shape index (κ3) is 3.31. The highest BCUT2D eigenvalue weighted by Crippen LogP contribution is 2.22. The monoisotopic (exact) mass is 237 g/mol. The SMILES string of the molecule is Cc1ccc(C(N)C(C)CN2CCNCC2)o1. The molecule has 2 heterocycles.